The molecule has 0 bridgehead atoms. The maximum absolute atomic E-state index is 13.2. The number of aryl methyl sites for hydroxylation is 2. The molecule has 2 amide bonds. The van der Waals surface area contributed by atoms with Crippen LogP contribution >= 0.6 is 0 Å². The number of imidazole rings is 1. The molecule has 4 heterocycles. The fourth-order valence-electron chi connectivity index (χ4n) is 4.12. The monoisotopic (exact) mass is 422 g/mol. The van der Waals surface area contributed by atoms with Gasteiger partial charge in [0.25, 0.3) is 11.8 Å². The number of aromatic nitrogens is 4. The molecule has 0 spiro atoms. The van der Waals surface area contributed by atoms with E-state index in [0.29, 0.717) is 12.0 Å². The van der Waals surface area contributed by atoms with E-state index in [-0.39, 0.29) is 29.4 Å². The molecule has 3 aromatic rings. The van der Waals surface area contributed by atoms with Gasteiger partial charge in [0.1, 0.15) is 17.3 Å². The van der Waals surface area contributed by atoms with Crippen molar-refractivity contribution < 1.29 is 14.0 Å². The average Bonchev–Trinajstić information content (AvgIpc) is 3.30. The summed E-state index contributed by atoms with van der Waals surface area (Å²) in [5.41, 5.74) is 2.28. The lowest BCUT2D eigenvalue weighted by molar-refractivity contribution is 0.0646. The van der Waals surface area contributed by atoms with Crippen LogP contribution in [0.1, 0.15) is 39.5 Å². The summed E-state index contributed by atoms with van der Waals surface area (Å²) in [5.74, 6) is 0.149. The van der Waals surface area contributed by atoms with E-state index in [2.05, 4.69) is 20.0 Å². The minimum Gasteiger partial charge on any atom is -0.347 e. The Morgan fingerprint density at radius 3 is 2.65 bits per heavy atom. The number of benzene rings is 1. The first-order chi connectivity index (χ1) is 15.0. The summed E-state index contributed by atoms with van der Waals surface area (Å²) in [7, 11) is 1.67. The number of carbonyl (C=O) groups is 2. The molecule has 31 heavy (non-hydrogen) atoms. The molecule has 0 radical (unpaired) electrons. The molecule has 1 saturated heterocycles. The van der Waals surface area contributed by atoms with E-state index in [1.807, 2.05) is 6.20 Å². The summed E-state index contributed by atoms with van der Waals surface area (Å²) >= 11 is 0. The van der Waals surface area contributed by atoms with Crippen molar-refractivity contribution >= 4 is 11.8 Å². The van der Waals surface area contributed by atoms with Gasteiger partial charge in [0.2, 0.25) is 0 Å². The summed E-state index contributed by atoms with van der Waals surface area (Å²) in [6.45, 7) is 2.16. The standard InChI is InChI=1S/C22H23FN6O2/c1-27-20(17(12-24-27)22(31)28-8-2-9-28)21(30)25-16-7-10-29-13-18(26-19(29)11-16)14-3-5-15(23)6-4-14/h3-6,12-13,16H,2,7-11H2,1H3,(H,25,30)/t16-/m1/s1. The SMILES string of the molecule is Cn1ncc(C(=O)N2CCC2)c1C(=O)N[C@@H]1CCn2cc(-c3ccc(F)cc3)nc2C1. The summed E-state index contributed by atoms with van der Waals surface area (Å²) in [6, 6.07) is 6.17. The van der Waals surface area contributed by atoms with Crippen molar-refractivity contribution in [3.63, 3.8) is 0 Å². The number of nitrogens with zero attached hydrogens (tertiary/aromatic N) is 5. The predicted octanol–water partition coefficient (Wildman–Crippen LogP) is 2.01. The highest BCUT2D eigenvalue weighted by Crippen LogP contribution is 2.23. The second-order valence-electron chi connectivity index (χ2n) is 8.08. The van der Waals surface area contributed by atoms with Gasteiger partial charge in [-0.05, 0) is 37.1 Å². The van der Waals surface area contributed by atoms with Crippen LogP contribution in [0.4, 0.5) is 4.39 Å². The van der Waals surface area contributed by atoms with Crippen LogP contribution in [0.2, 0.25) is 0 Å². The van der Waals surface area contributed by atoms with Crippen LogP contribution in [0.3, 0.4) is 0 Å². The lowest BCUT2D eigenvalue weighted by Crippen LogP contribution is -2.44. The topological polar surface area (TPSA) is 85.0 Å². The number of amides is 2. The Labute approximate surface area is 178 Å². The van der Waals surface area contributed by atoms with Crippen LogP contribution in [0.25, 0.3) is 11.3 Å². The van der Waals surface area contributed by atoms with Gasteiger partial charge in [0.15, 0.2) is 0 Å². The van der Waals surface area contributed by atoms with Gasteiger partial charge < -0.3 is 14.8 Å². The molecular formula is C22H23FN6O2. The van der Waals surface area contributed by atoms with Crippen LogP contribution in [0.15, 0.2) is 36.7 Å². The maximum atomic E-state index is 13.2. The molecule has 0 aliphatic carbocycles. The molecule has 2 aliphatic rings. The van der Waals surface area contributed by atoms with Crippen molar-refractivity contribution in [3.05, 3.63) is 59.6 Å². The highest BCUT2D eigenvalue weighted by molar-refractivity contribution is 6.06. The normalized spacial score (nSPS) is 17.7. The molecule has 5 rings (SSSR count). The second-order valence-corrected chi connectivity index (χ2v) is 8.08. The zero-order valence-corrected chi connectivity index (χ0v) is 17.2. The Morgan fingerprint density at radius 2 is 1.94 bits per heavy atom. The molecule has 0 unspecified atom stereocenters. The first kappa shape index (κ1) is 19.5. The lowest BCUT2D eigenvalue weighted by Gasteiger charge is -2.30. The number of carbonyl (C=O) groups excluding carboxylic acids is 2. The maximum Gasteiger partial charge on any atom is 0.270 e. The summed E-state index contributed by atoms with van der Waals surface area (Å²) in [4.78, 5) is 32.1. The number of nitrogens with one attached hydrogen (secondary N) is 1. The molecule has 1 fully saturated rings. The Hall–Kier alpha value is -3.49. The number of fused-ring (bicyclic) bond motifs is 1. The number of likely N-dealkylation sites (tertiary alicyclic amines) is 1. The molecule has 0 saturated carbocycles. The average molecular weight is 422 g/mol. The molecule has 1 atom stereocenters. The van der Waals surface area contributed by atoms with Gasteiger partial charge in [0, 0.05) is 50.9 Å². The lowest BCUT2D eigenvalue weighted by atomic mass is 10.1. The van der Waals surface area contributed by atoms with E-state index in [1.165, 1.54) is 23.0 Å². The third-order valence-electron chi connectivity index (χ3n) is 6.01. The Morgan fingerprint density at radius 1 is 1.16 bits per heavy atom. The van der Waals surface area contributed by atoms with Crippen LogP contribution in [-0.4, -0.2) is 55.2 Å². The van der Waals surface area contributed by atoms with E-state index >= 15 is 0 Å². The van der Waals surface area contributed by atoms with Crippen LogP contribution in [-0.2, 0) is 20.0 Å². The minimum atomic E-state index is -0.298. The number of halogens is 1. The molecule has 160 valence electrons. The molecule has 8 nitrogen and oxygen atoms in total. The molecule has 1 aromatic carbocycles. The predicted molar refractivity (Wildman–Crippen MR) is 111 cm³/mol. The second kappa shape index (κ2) is 7.64. The fourth-order valence-corrected chi connectivity index (χ4v) is 4.12. The van der Waals surface area contributed by atoms with Crippen molar-refractivity contribution in [3.8, 4) is 11.3 Å². The van der Waals surface area contributed by atoms with E-state index in [0.717, 1.165) is 49.6 Å². The van der Waals surface area contributed by atoms with E-state index in [1.54, 1.807) is 24.1 Å². The Balaban J connectivity index is 1.31. The van der Waals surface area contributed by atoms with Gasteiger partial charge in [-0.1, -0.05) is 0 Å². The first-order valence-electron chi connectivity index (χ1n) is 10.4. The van der Waals surface area contributed by atoms with E-state index < -0.39 is 0 Å². The zero-order valence-electron chi connectivity index (χ0n) is 17.2. The number of rotatable bonds is 4. The summed E-state index contributed by atoms with van der Waals surface area (Å²) < 4.78 is 16.7. The highest BCUT2D eigenvalue weighted by Gasteiger charge is 2.30. The van der Waals surface area contributed by atoms with Crippen molar-refractivity contribution in [1.29, 1.82) is 0 Å². The Bertz CT molecular complexity index is 1150. The zero-order chi connectivity index (χ0) is 21.5. The summed E-state index contributed by atoms with van der Waals surface area (Å²) in [5, 5.41) is 7.19. The fraction of sp³-hybridized carbons (Fsp3) is 0.364. The van der Waals surface area contributed by atoms with Gasteiger partial charge in [-0.25, -0.2) is 9.37 Å². The molecule has 1 N–H and O–H groups in total. The largest absolute Gasteiger partial charge is 0.347 e. The van der Waals surface area contributed by atoms with Gasteiger partial charge in [0.05, 0.1) is 17.5 Å². The smallest absolute Gasteiger partial charge is 0.270 e. The van der Waals surface area contributed by atoms with Crippen molar-refractivity contribution in [1.82, 2.24) is 29.5 Å². The van der Waals surface area contributed by atoms with E-state index in [4.69, 9.17) is 0 Å². The number of hydrogen-bond donors (Lipinski definition) is 1. The van der Waals surface area contributed by atoms with Crippen molar-refractivity contribution in [2.75, 3.05) is 13.1 Å². The van der Waals surface area contributed by atoms with Gasteiger partial charge in [-0.3, -0.25) is 14.3 Å². The first-order valence-corrected chi connectivity index (χ1v) is 10.4. The van der Waals surface area contributed by atoms with Gasteiger partial charge in [-0.15, -0.1) is 0 Å². The van der Waals surface area contributed by atoms with Gasteiger partial charge in [-0.2, -0.15) is 5.10 Å². The number of hydrogen-bond acceptors (Lipinski definition) is 4. The van der Waals surface area contributed by atoms with E-state index in [9.17, 15) is 14.0 Å². The summed E-state index contributed by atoms with van der Waals surface area (Å²) in [6.07, 6.45) is 5.76. The highest BCUT2D eigenvalue weighted by atomic mass is 19.1. The molecular weight excluding hydrogens is 399 g/mol. The third-order valence-corrected chi connectivity index (χ3v) is 6.01. The van der Waals surface area contributed by atoms with Crippen LogP contribution in [0, 0.1) is 5.82 Å². The van der Waals surface area contributed by atoms with Crippen LogP contribution in [0.5, 0.6) is 0 Å². The molecule has 9 heteroatoms. The Kier molecular flexibility index (Phi) is 4.80. The molecule has 2 aromatic heterocycles. The molecule has 2 aliphatic heterocycles. The quantitative estimate of drug-likeness (QED) is 0.697. The van der Waals surface area contributed by atoms with Crippen molar-refractivity contribution in [2.24, 2.45) is 7.05 Å². The third kappa shape index (κ3) is 3.60. The van der Waals surface area contributed by atoms with Crippen molar-refractivity contribution in [2.45, 2.75) is 31.8 Å². The minimum absolute atomic E-state index is 0.0923. The van der Waals surface area contributed by atoms with Crippen LogP contribution < -0.4 is 5.32 Å². The van der Waals surface area contributed by atoms with Gasteiger partial charge >= 0.3 is 0 Å².